The zero-order valence-electron chi connectivity index (χ0n) is 14.3. The summed E-state index contributed by atoms with van der Waals surface area (Å²) in [5.74, 6) is -0.788. The van der Waals surface area contributed by atoms with Crippen LogP contribution in [0.5, 0.6) is 0 Å². The molecule has 2 rings (SSSR count). The van der Waals surface area contributed by atoms with Gasteiger partial charge in [-0.05, 0) is 57.3 Å². The summed E-state index contributed by atoms with van der Waals surface area (Å²) < 4.78 is 5.19. The Morgan fingerprint density at radius 2 is 1.83 bits per heavy atom. The van der Waals surface area contributed by atoms with Crippen LogP contribution in [0.15, 0.2) is 0 Å². The number of ketones is 1. The number of carboxylic acids is 1. The van der Waals surface area contributed by atoms with Gasteiger partial charge in [0.05, 0.1) is 17.9 Å². The summed E-state index contributed by atoms with van der Waals surface area (Å²) in [7, 11) is 0. The van der Waals surface area contributed by atoms with E-state index >= 15 is 0 Å². The number of carboxylic acid groups (broad SMARTS) is 1. The Bertz CT molecular complexity index is 482. The van der Waals surface area contributed by atoms with Gasteiger partial charge in [-0.1, -0.05) is 6.92 Å². The van der Waals surface area contributed by atoms with Gasteiger partial charge in [0.25, 0.3) is 0 Å². The molecule has 2 fully saturated rings. The highest BCUT2D eigenvalue weighted by atomic mass is 16.5. The molecule has 0 saturated heterocycles. The summed E-state index contributed by atoms with van der Waals surface area (Å²) in [6, 6.07) is 0. The van der Waals surface area contributed by atoms with Crippen LogP contribution in [-0.4, -0.2) is 29.4 Å². The van der Waals surface area contributed by atoms with Crippen LogP contribution in [0.4, 0.5) is 0 Å². The first-order valence-corrected chi connectivity index (χ1v) is 8.68. The monoisotopic (exact) mass is 324 g/mol. The maximum atomic E-state index is 12.2. The van der Waals surface area contributed by atoms with Gasteiger partial charge in [-0.2, -0.15) is 0 Å². The van der Waals surface area contributed by atoms with Crippen molar-refractivity contribution in [1.29, 1.82) is 0 Å². The molecule has 4 unspecified atom stereocenters. The van der Waals surface area contributed by atoms with E-state index < -0.39 is 11.4 Å². The largest absolute Gasteiger partial charge is 0.481 e. The van der Waals surface area contributed by atoms with E-state index in [4.69, 9.17) is 4.74 Å². The summed E-state index contributed by atoms with van der Waals surface area (Å²) in [5, 5.41) is 9.40. The number of rotatable bonds is 8. The Kier molecular flexibility index (Phi) is 5.48. The Morgan fingerprint density at radius 1 is 1.17 bits per heavy atom. The number of ether oxygens (including phenoxy) is 1. The average molecular weight is 324 g/mol. The van der Waals surface area contributed by atoms with Crippen molar-refractivity contribution in [1.82, 2.24) is 0 Å². The van der Waals surface area contributed by atoms with Crippen molar-refractivity contribution < 1.29 is 24.2 Å². The standard InChI is InChI=1S/C18H28O5/c1-4-18(2,3)17(22)23-8-7-13(19)10-14-11-5-6-12(9-11)15(14)16(20)21/h11-12,14-15H,4-10H2,1-3H3,(H,20,21). The fraction of sp³-hybridized carbons (Fsp3) is 0.833. The van der Waals surface area contributed by atoms with E-state index in [1.165, 1.54) is 0 Å². The van der Waals surface area contributed by atoms with E-state index in [9.17, 15) is 19.5 Å². The number of carbonyl (C=O) groups excluding carboxylic acids is 2. The number of Topliss-reactive ketones (excluding diaryl/α,β-unsaturated/α-hetero) is 1. The molecule has 2 saturated carbocycles. The number of fused-ring (bicyclic) bond motifs is 2. The molecule has 1 N–H and O–H groups in total. The SMILES string of the molecule is CCC(C)(C)C(=O)OCCC(=O)CC1C2CCC(C2)C1C(=O)O. The van der Waals surface area contributed by atoms with Crippen molar-refractivity contribution in [3.8, 4) is 0 Å². The molecule has 2 aliphatic carbocycles. The van der Waals surface area contributed by atoms with Gasteiger partial charge < -0.3 is 9.84 Å². The van der Waals surface area contributed by atoms with Crippen molar-refractivity contribution >= 4 is 17.7 Å². The maximum absolute atomic E-state index is 12.2. The van der Waals surface area contributed by atoms with E-state index in [0.717, 1.165) is 19.3 Å². The summed E-state index contributed by atoms with van der Waals surface area (Å²) in [6.07, 6.45) is 4.17. The van der Waals surface area contributed by atoms with Crippen molar-refractivity contribution in [3.05, 3.63) is 0 Å². The van der Waals surface area contributed by atoms with Crippen LogP contribution in [0, 0.1) is 29.1 Å². The van der Waals surface area contributed by atoms with Crippen molar-refractivity contribution in [2.24, 2.45) is 29.1 Å². The first kappa shape index (κ1) is 18.0. The summed E-state index contributed by atoms with van der Waals surface area (Å²) in [6.45, 7) is 5.67. The van der Waals surface area contributed by atoms with Crippen LogP contribution in [0.3, 0.4) is 0 Å². The minimum Gasteiger partial charge on any atom is -0.481 e. The topological polar surface area (TPSA) is 80.7 Å². The van der Waals surface area contributed by atoms with Gasteiger partial charge in [-0.25, -0.2) is 0 Å². The number of esters is 1. The number of carbonyl (C=O) groups is 3. The molecule has 23 heavy (non-hydrogen) atoms. The smallest absolute Gasteiger partial charge is 0.311 e. The van der Waals surface area contributed by atoms with Gasteiger partial charge in [0, 0.05) is 12.8 Å². The zero-order valence-corrected chi connectivity index (χ0v) is 14.3. The molecule has 0 aromatic rings. The third kappa shape index (κ3) is 3.93. The Morgan fingerprint density at radius 3 is 2.43 bits per heavy atom. The quantitative estimate of drug-likeness (QED) is 0.694. The highest BCUT2D eigenvalue weighted by molar-refractivity contribution is 5.81. The Labute approximate surface area is 137 Å². The lowest BCUT2D eigenvalue weighted by Gasteiger charge is -2.27. The van der Waals surface area contributed by atoms with Crippen LogP contribution in [0.25, 0.3) is 0 Å². The number of hydrogen-bond donors (Lipinski definition) is 1. The lowest BCUT2D eigenvalue weighted by molar-refractivity contribution is -0.154. The average Bonchev–Trinajstić information content (AvgIpc) is 3.07. The molecule has 0 aromatic carbocycles. The molecule has 0 aromatic heterocycles. The van der Waals surface area contributed by atoms with E-state index in [0.29, 0.717) is 18.8 Å². The minimum atomic E-state index is -0.758. The molecule has 5 nitrogen and oxygen atoms in total. The number of aliphatic carboxylic acids is 1. The van der Waals surface area contributed by atoms with Crippen LogP contribution in [0.1, 0.15) is 59.3 Å². The van der Waals surface area contributed by atoms with Crippen LogP contribution in [0.2, 0.25) is 0 Å². The fourth-order valence-corrected chi connectivity index (χ4v) is 4.05. The highest BCUT2D eigenvalue weighted by Crippen LogP contribution is 2.53. The second-order valence-electron chi connectivity index (χ2n) is 7.73. The van der Waals surface area contributed by atoms with Gasteiger partial charge in [-0.15, -0.1) is 0 Å². The molecule has 0 heterocycles. The third-order valence-electron chi connectivity index (χ3n) is 5.89. The molecule has 4 atom stereocenters. The summed E-state index contributed by atoms with van der Waals surface area (Å²) >= 11 is 0. The predicted molar refractivity (Wildman–Crippen MR) is 84.7 cm³/mol. The molecule has 2 bridgehead atoms. The molecule has 0 spiro atoms. The normalized spacial score (nSPS) is 29.5. The molecular weight excluding hydrogens is 296 g/mol. The minimum absolute atomic E-state index is 0.0101. The van der Waals surface area contributed by atoms with E-state index in [1.807, 2.05) is 20.8 Å². The van der Waals surface area contributed by atoms with Gasteiger partial charge in [0.1, 0.15) is 5.78 Å². The van der Waals surface area contributed by atoms with E-state index in [2.05, 4.69) is 0 Å². The van der Waals surface area contributed by atoms with E-state index in [1.54, 1.807) is 0 Å². The molecule has 2 aliphatic rings. The van der Waals surface area contributed by atoms with Crippen LogP contribution < -0.4 is 0 Å². The maximum Gasteiger partial charge on any atom is 0.311 e. The zero-order chi connectivity index (χ0) is 17.2. The summed E-state index contributed by atoms with van der Waals surface area (Å²) in [5.41, 5.74) is -0.526. The van der Waals surface area contributed by atoms with Gasteiger partial charge in [0.2, 0.25) is 0 Å². The first-order chi connectivity index (χ1) is 10.8. The van der Waals surface area contributed by atoms with Crippen molar-refractivity contribution in [2.75, 3.05) is 6.61 Å². The highest BCUT2D eigenvalue weighted by Gasteiger charge is 2.51. The Hall–Kier alpha value is -1.39. The lowest BCUT2D eigenvalue weighted by Crippen LogP contribution is -2.31. The molecule has 0 amide bonds. The predicted octanol–water partition coefficient (Wildman–Crippen LogP) is 3.06. The third-order valence-corrected chi connectivity index (χ3v) is 5.89. The van der Waals surface area contributed by atoms with E-state index in [-0.39, 0.29) is 42.5 Å². The van der Waals surface area contributed by atoms with Gasteiger partial charge in [0.15, 0.2) is 0 Å². The lowest BCUT2D eigenvalue weighted by atomic mass is 9.76. The second kappa shape index (κ2) is 7.02. The summed E-state index contributed by atoms with van der Waals surface area (Å²) in [4.78, 5) is 35.5. The fourth-order valence-electron chi connectivity index (χ4n) is 4.05. The second-order valence-corrected chi connectivity index (χ2v) is 7.73. The first-order valence-electron chi connectivity index (χ1n) is 8.68. The van der Waals surface area contributed by atoms with Gasteiger partial charge in [-0.3, -0.25) is 14.4 Å². The van der Waals surface area contributed by atoms with Crippen LogP contribution >= 0.6 is 0 Å². The van der Waals surface area contributed by atoms with Crippen molar-refractivity contribution in [2.45, 2.75) is 59.3 Å². The number of hydrogen-bond acceptors (Lipinski definition) is 4. The molecule has 130 valence electrons. The molecule has 0 radical (unpaired) electrons. The van der Waals surface area contributed by atoms with Crippen molar-refractivity contribution in [3.63, 3.8) is 0 Å². The molecule has 5 heteroatoms. The van der Waals surface area contributed by atoms with Gasteiger partial charge >= 0.3 is 11.9 Å². The Balaban J connectivity index is 1.79. The molecular formula is C18H28O5. The van der Waals surface area contributed by atoms with Crippen LogP contribution in [-0.2, 0) is 19.1 Å². The molecule has 0 aliphatic heterocycles.